The lowest BCUT2D eigenvalue weighted by atomic mass is 9.71. The number of imide groups is 1. The van der Waals surface area contributed by atoms with Crippen molar-refractivity contribution in [1.82, 2.24) is 29.3 Å². The molecule has 13 nitrogen and oxygen atoms in total. The van der Waals surface area contributed by atoms with Crippen molar-refractivity contribution in [2.24, 2.45) is 18.4 Å². The summed E-state index contributed by atoms with van der Waals surface area (Å²) in [7, 11) is 1.76. The summed E-state index contributed by atoms with van der Waals surface area (Å²) in [5.74, 6) is -0.623. The molecule has 3 N–H and O–H groups in total. The van der Waals surface area contributed by atoms with E-state index < -0.39 is 35.3 Å². The number of hydrogen-bond donors (Lipinski definition) is 3. The molecule has 1 unspecified atom stereocenters. The average molecular weight is 887 g/mol. The minimum absolute atomic E-state index is 0.207. The van der Waals surface area contributed by atoms with Gasteiger partial charge in [-0.05, 0) is 132 Å². The quantitative estimate of drug-likeness (QED) is 0.135. The lowest BCUT2D eigenvalue weighted by Gasteiger charge is -2.48. The number of hydrogen-bond acceptors (Lipinski definition) is 10. The van der Waals surface area contributed by atoms with Gasteiger partial charge in [-0.3, -0.25) is 28.8 Å². The molecule has 1 atom stereocenters. The molecule has 3 saturated heterocycles. The minimum atomic E-state index is -4.69. The number of aryl methyl sites for hydroxylation is 1. The number of thiazole rings is 1. The normalized spacial score (nSPS) is 22.5. The number of aliphatic hydroxyl groups is 1. The zero-order valence-electron chi connectivity index (χ0n) is 35.8. The van der Waals surface area contributed by atoms with Crippen LogP contribution in [0.4, 0.5) is 24.5 Å². The molecule has 9 rings (SSSR count). The van der Waals surface area contributed by atoms with Crippen molar-refractivity contribution in [3.63, 3.8) is 0 Å². The molecule has 5 aromatic rings. The number of rotatable bonds is 8. The Labute approximate surface area is 366 Å². The third kappa shape index (κ3) is 8.51. The number of carbonyl (C=O) groups is 3. The zero-order valence-corrected chi connectivity index (χ0v) is 36.6. The van der Waals surface area contributed by atoms with Crippen LogP contribution in [0.2, 0.25) is 0 Å². The molecule has 2 aromatic carbocycles. The van der Waals surface area contributed by atoms with E-state index in [2.05, 4.69) is 31.5 Å². The predicted molar refractivity (Wildman–Crippen MR) is 235 cm³/mol. The lowest BCUT2D eigenvalue weighted by Crippen LogP contribution is -2.48. The third-order valence-electron chi connectivity index (χ3n) is 14.1. The molecule has 334 valence electrons. The van der Waals surface area contributed by atoms with Gasteiger partial charge in [-0.2, -0.15) is 13.2 Å². The molecule has 6 heterocycles. The van der Waals surface area contributed by atoms with E-state index in [1.807, 2.05) is 12.1 Å². The number of nitrogens with one attached hydrogen (secondary N) is 2. The Bertz CT molecular complexity index is 2640. The molecule has 3 amide bonds. The van der Waals surface area contributed by atoms with Crippen LogP contribution in [0.25, 0.3) is 21.3 Å². The number of piperidine rings is 3. The van der Waals surface area contributed by atoms with Crippen LogP contribution in [0.15, 0.2) is 53.3 Å². The van der Waals surface area contributed by atoms with Gasteiger partial charge in [0, 0.05) is 50.3 Å². The molecule has 1 saturated carbocycles. The van der Waals surface area contributed by atoms with Crippen molar-refractivity contribution in [1.29, 1.82) is 0 Å². The monoisotopic (exact) mass is 886 g/mol. The number of nitrogens with zero attached hydrogens (tertiary/aromatic N) is 6. The van der Waals surface area contributed by atoms with Gasteiger partial charge in [0.25, 0.3) is 5.91 Å². The van der Waals surface area contributed by atoms with E-state index in [1.165, 1.54) is 18.9 Å². The van der Waals surface area contributed by atoms with Crippen LogP contribution in [-0.2, 0) is 28.4 Å². The Morgan fingerprint density at radius 3 is 2.32 bits per heavy atom. The highest BCUT2D eigenvalue weighted by molar-refractivity contribution is 7.18. The van der Waals surface area contributed by atoms with E-state index in [0.717, 1.165) is 104 Å². The van der Waals surface area contributed by atoms with E-state index in [-0.39, 0.29) is 23.7 Å². The number of pyridine rings is 1. The van der Waals surface area contributed by atoms with Gasteiger partial charge in [0.05, 0.1) is 37.5 Å². The summed E-state index contributed by atoms with van der Waals surface area (Å²) < 4.78 is 43.9. The molecule has 1 spiro atoms. The van der Waals surface area contributed by atoms with Crippen LogP contribution in [0.1, 0.15) is 117 Å². The molecular weight excluding hydrogens is 834 g/mol. The molecule has 17 heteroatoms. The summed E-state index contributed by atoms with van der Waals surface area (Å²) in [5.41, 5.74) is 1.14. The summed E-state index contributed by atoms with van der Waals surface area (Å²) >= 11 is 1.56. The second-order valence-electron chi connectivity index (χ2n) is 18.7. The highest BCUT2D eigenvalue weighted by atomic mass is 32.1. The number of carbonyl (C=O) groups excluding carboxylic acids is 3. The Balaban J connectivity index is 0.791. The van der Waals surface area contributed by atoms with Crippen molar-refractivity contribution in [3.05, 3.63) is 81.0 Å². The molecule has 4 fully saturated rings. The number of fused-ring (bicyclic) bond motifs is 2. The first kappa shape index (κ1) is 43.1. The first-order valence-electron chi connectivity index (χ1n) is 22.0. The van der Waals surface area contributed by atoms with Crippen LogP contribution in [-0.4, -0.2) is 79.6 Å². The van der Waals surface area contributed by atoms with Crippen LogP contribution < -0.4 is 21.2 Å². The molecule has 63 heavy (non-hydrogen) atoms. The molecule has 3 aromatic heterocycles. The molecule has 1 aliphatic carbocycles. The fourth-order valence-electron chi connectivity index (χ4n) is 10.5. The van der Waals surface area contributed by atoms with Crippen LogP contribution in [0, 0.1) is 11.3 Å². The van der Waals surface area contributed by atoms with Gasteiger partial charge in [-0.25, -0.2) is 14.8 Å². The first-order chi connectivity index (χ1) is 30.0. The van der Waals surface area contributed by atoms with Gasteiger partial charge in [0.2, 0.25) is 11.8 Å². The largest absolute Gasteiger partial charge is 0.433 e. The van der Waals surface area contributed by atoms with Crippen molar-refractivity contribution in [3.8, 4) is 0 Å². The summed E-state index contributed by atoms with van der Waals surface area (Å²) in [6.07, 6.45) is 4.60. The third-order valence-corrected chi connectivity index (χ3v) is 15.3. The van der Waals surface area contributed by atoms with Gasteiger partial charge in [-0.1, -0.05) is 12.1 Å². The Kier molecular flexibility index (Phi) is 11.3. The summed E-state index contributed by atoms with van der Waals surface area (Å²) in [6.45, 7) is 8.25. The number of aromatic nitrogens is 4. The molecule has 0 bridgehead atoms. The number of amides is 3. The van der Waals surface area contributed by atoms with E-state index >= 15 is 0 Å². The second-order valence-corrected chi connectivity index (χ2v) is 19.7. The van der Waals surface area contributed by atoms with Gasteiger partial charge in [-0.15, -0.1) is 11.3 Å². The minimum Gasteiger partial charge on any atom is -0.386 e. The smallest absolute Gasteiger partial charge is 0.386 e. The maximum atomic E-state index is 13.5. The highest BCUT2D eigenvalue weighted by Gasteiger charge is 2.40. The number of likely N-dealkylation sites (tertiary alicyclic amines) is 1. The zero-order chi connectivity index (χ0) is 44.4. The fraction of sp³-hybridized carbons (Fsp3) is 0.522. The van der Waals surface area contributed by atoms with Crippen LogP contribution in [0.3, 0.4) is 0 Å². The molecule has 4 aliphatic rings. The fourth-order valence-corrected chi connectivity index (χ4v) is 11.6. The molecule has 3 aliphatic heterocycles. The van der Waals surface area contributed by atoms with Gasteiger partial charge in [0.15, 0.2) is 0 Å². The summed E-state index contributed by atoms with van der Waals surface area (Å²) in [4.78, 5) is 64.8. The lowest BCUT2D eigenvalue weighted by molar-refractivity contribution is -0.141. The van der Waals surface area contributed by atoms with E-state index in [1.54, 1.807) is 53.5 Å². The number of halogens is 3. The summed E-state index contributed by atoms with van der Waals surface area (Å²) in [5, 5.41) is 17.1. The van der Waals surface area contributed by atoms with Gasteiger partial charge >= 0.3 is 11.9 Å². The highest BCUT2D eigenvalue weighted by Crippen LogP contribution is 2.45. The van der Waals surface area contributed by atoms with Crippen molar-refractivity contribution >= 4 is 61.7 Å². The van der Waals surface area contributed by atoms with Gasteiger partial charge < -0.3 is 20.2 Å². The number of alkyl halides is 3. The van der Waals surface area contributed by atoms with E-state index in [0.29, 0.717) is 46.0 Å². The van der Waals surface area contributed by atoms with Crippen LogP contribution >= 0.6 is 11.3 Å². The van der Waals surface area contributed by atoms with E-state index in [4.69, 9.17) is 4.98 Å². The number of benzene rings is 2. The SMILES string of the molecule is Cn1c(=O)n(C2CCC(=O)NC2=O)c2cccc(N3CCC4(CCN(CC5CCC(c6nc7cc(C(C)(C)O)c(NC(=O)c8cccc(C(F)(F)F)n8)cc7s6)CC5)CC4)CC3)c21. The Morgan fingerprint density at radius 1 is 0.937 bits per heavy atom. The van der Waals surface area contributed by atoms with Crippen LogP contribution in [0.5, 0.6) is 0 Å². The Hall–Kier alpha value is -5.13. The maximum Gasteiger partial charge on any atom is 0.433 e. The van der Waals surface area contributed by atoms with E-state index in [9.17, 15) is 37.5 Å². The number of imidazole rings is 1. The standard InChI is InChI=1S/C46H53F3N8O5S/c1-44(2,62)29-24-32-36(25-31(29)51-40(59)30-6-4-9-37(50-30)46(47,48)49)63-42(52-32)28-12-10-27(11-13-28)26-55-20-16-45(17-21-55)18-22-56(23-19-45)33-7-5-8-34-39(33)54(3)43(61)57(34)35-14-15-38(58)53-41(35)60/h4-9,24-25,27-28,35,62H,10-23,26H2,1-3H3,(H,51,59)(H,53,58,60). The maximum absolute atomic E-state index is 13.5. The van der Waals surface area contributed by atoms with Crippen molar-refractivity contribution in [2.45, 2.75) is 102 Å². The summed E-state index contributed by atoms with van der Waals surface area (Å²) in [6, 6.07) is 11.9. The average Bonchev–Trinajstić information content (AvgIpc) is 3.78. The second kappa shape index (κ2) is 16.5. The number of anilines is 2. The van der Waals surface area contributed by atoms with Crippen molar-refractivity contribution in [2.75, 3.05) is 42.9 Å². The number of para-hydroxylation sites is 1. The van der Waals surface area contributed by atoms with Gasteiger partial charge in [0.1, 0.15) is 17.4 Å². The van der Waals surface area contributed by atoms with Crippen molar-refractivity contribution < 1.29 is 32.7 Å². The predicted octanol–water partition coefficient (Wildman–Crippen LogP) is 7.48. The molecular formula is C46H53F3N8O5S. The topological polar surface area (TPSA) is 155 Å². The Morgan fingerprint density at radius 2 is 1.63 bits per heavy atom. The molecule has 0 radical (unpaired) electrons. The first-order valence-corrected chi connectivity index (χ1v) is 22.8.